The molecule has 4 aromatic carbocycles. The Morgan fingerprint density at radius 2 is 1.64 bits per heavy atom. The average molecular weight is 827 g/mol. The lowest BCUT2D eigenvalue weighted by Gasteiger charge is -2.25. The molecule has 0 bridgehead atoms. The van der Waals surface area contributed by atoms with Crippen LogP contribution in [0.25, 0.3) is 6.08 Å². The molecule has 1 aliphatic rings. The average Bonchev–Trinajstić information content (AvgIpc) is 3.31. The Morgan fingerprint density at radius 3 is 2.30 bits per heavy atom. The smallest absolute Gasteiger partial charge is 0.271 e. The number of ether oxygens (including phenoxy) is 1. The molecule has 2 heterocycles. The fourth-order valence-corrected chi connectivity index (χ4v) is 8.15. The summed E-state index contributed by atoms with van der Waals surface area (Å²) in [7, 11) is 0. The fourth-order valence-electron chi connectivity index (χ4n) is 4.97. The topological polar surface area (TPSA) is 72.7 Å². The van der Waals surface area contributed by atoms with Crippen molar-refractivity contribution < 1.29 is 13.9 Å². The van der Waals surface area contributed by atoms with E-state index >= 15 is 0 Å². The maximum atomic E-state index is 14.0. The van der Waals surface area contributed by atoms with Crippen LogP contribution in [0.3, 0.4) is 0 Å². The highest BCUT2D eigenvalue weighted by molar-refractivity contribution is 14.1. The Hall–Kier alpha value is -3.62. The minimum absolute atomic E-state index is 0.282. The van der Waals surface area contributed by atoms with Crippen molar-refractivity contribution in [3.8, 4) is 5.75 Å². The minimum Gasteiger partial charge on any atom is -0.487 e. The van der Waals surface area contributed by atoms with Crippen LogP contribution in [0.1, 0.15) is 29.7 Å². The minimum atomic E-state index is -0.785. The van der Waals surface area contributed by atoms with Gasteiger partial charge in [0.2, 0.25) is 0 Å². The number of carbonyl (C=O) groups is 1. The van der Waals surface area contributed by atoms with Crippen molar-refractivity contribution in [1.29, 1.82) is 0 Å². The molecule has 10 heteroatoms. The molecule has 1 N–H and O–H groups in total. The van der Waals surface area contributed by atoms with Crippen molar-refractivity contribution in [2.45, 2.75) is 19.6 Å². The molecule has 0 spiro atoms. The zero-order valence-corrected chi connectivity index (χ0v) is 28.4. The van der Waals surface area contributed by atoms with E-state index in [2.05, 4.69) is 50.5 Å². The molecule has 220 valence electrons. The second-order valence-corrected chi connectivity index (χ2v) is 13.4. The number of aromatic nitrogens is 1. The third-order valence-electron chi connectivity index (χ3n) is 7.03. The largest absolute Gasteiger partial charge is 0.487 e. The summed E-state index contributed by atoms with van der Waals surface area (Å²) in [5, 5.41) is 2.92. The lowest BCUT2D eigenvalue weighted by atomic mass is 9.95. The molecule has 5 aromatic rings. The van der Waals surface area contributed by atoms with E-state index in [1.807, 2.05) is 66.7 Å². The van der Waals surface area contributed by atoms with Crippen LogP contribution in [-0.2, 0) is 11.4 Å². The highest BCUT2D eigenvalue weighted by Crippen LogP contribution is 2.32. The van der Waals surface area contributed by atoms with Crippen LogP contribution in [0.2, 0.25) is 0 Å². The van der Waals surface area contributed by atoms with Crippen molar-refractivity contribution in [3.63, 3.8) is 0 Å². The molecule has 44 heavy (non-hydrogen) atoms. The summed E-state index contributed by atoms with van der Waals surface area (Å²) in [6, 6.07) is 28.1. The summed E-state index contributed by atoms with van der Waals surface area (Å²) >= 11 is 5.75. The molecule has 0 unspecified atom stereocenters. The van der Waals surface area contributed by atoms with Gasteiger partial charge in [0.25, 0.3) is 11.5 Å². The van der Waals surface area contributed by atoms with Gasteiger partial charge < -0.3 is 10.1 Å². The maximum absolute atomic E-state index is 14.0. The molecule has 0 aliphatic carbocycles. The van der Waals surface area contributed by atoms with Crippen LogP contribution < -0.4 is 24.9 Å². The number of rotatable bonds is 7. The second-order valence-electron chi connectivity index (χ2n) is 10.0. The Kier molecular flexibility index (Phi) is 9.10. The van der Waals surface area contributed by atoms with Crippen LogP contribution in [0.5, 0.6) is 5.75 Å². The molecule has 1 aromatic heterocycles. The van der Waals surface area contributed by atoms with Gasteiger partial charge >= 0.3 is 0 Å². The number of halogens is 3. The van der Waals surface area contributed by atoms with Gasteiger partial charge in [-0.25, -0.2) is 9.38 Å². The van der Waals surface area contributed by atoms with Crippen molar-refractivity contribution in [2.75, 3.05) is 5.32 Å². The third kappa shape index (κ3) is 6.42. The van der Waals surface area contributed by atoms with Gasteiger partial charge in [-0.05, 0) is 111 Å². The van der Waals surface area contributed by atoms with E-state index in [4.69, 9.17) is 9.73 Å². The number of nitrogens with zero attached hydrogens (tertiary/aromatic N) is 2. The number of benzene rings is 4. The molecule has 1 atom stereocenters. The van der Waals surface area contributed by atoms with E-state index in [1.54, 1.807) is 31.2 Å². The molecular formula is C34H24FI2N3O3S. The van der Waals surface area contributed by atoms with E-state index in [0.29, 0.717) is 38.5 Å². The number of thiazole rings is 1. The normalized spacial score (nSPS) is 14.6. The van der Waals surface area contributed by atoms with Gasteiger partial charge in [0.15, 0.2) is 4.80 Å². The van der Waals surface area contributed by atoms with Gasteiger partial charge in [-0.1, -0.05) is 72.0 Å². The van der Waals surface area contributed by atoms with E-state index in [-0.39, 0.29) is 11.5 Å². The Labute approximate surface area is 283 Å². The molecule has 0 fully saturated rings. The SMILES string of the molecule is CC1=C(C(=O)Nc2ccccc2)[C@H](c2ccc(F)cc2)n2c(s/c(=C\c3cc(I)c(OCc4ccccc4)c(I)c3)c2=O)=N1. The number of hydrogen-bond acceptors (Lipinski definition) is 5. The number of para-hydroxylation sites is 1. The predicted octanol–water partition coefficient (Wildman–Crippen LogP) is 6.80. The summed E-state index contributed by atoms with van der Waals surface area (Å²) in [6.45, 7) is 2.21. The van der Waals surface area contributed by atoms with Gasteiger partial charge in [-0.3, -0.25) is 14.2 Å². The lowest BCUT2D eigenvalue weighted by Crippen LogP contribution is -2.40. The van der Waals surface area contributed by atoms with Crippen molar-refractivity contribution in [1.82, 2.24) is 4.57 Å². The molecule has 6 rings (SSSR count). The zero-order valence-electron chi connectivity index (χ0n) is 23.3. The van der Waals surface area contributed by atoms with Gasteiger partial charge in [0, 0.05) is 5.69 Å². The van der Waals surface area contributed by atoms with E-state index < -0.39 is 11.9 Å². The van der Waals surface area contributed by atoms with Crippen LogP contribution in [0.4, 0.5) is 10.1 Å². The van der Waals surface area contributed by atoms with Crippen molar-refractivity contribution in [2.24, 2.45) is 4.99 Å². The number of allylic oxidation sites excluding steroid dienone is 1. The van der Waals surface area contributed by atoms with Crippen LogP contribution >= 0.6 is 56.5 Å². The van der Waals surface area contributed by atoms with Gasteiger partial charge in [0.1, 0.15) is 18.2 Å². The van der Waals surface area contributed by atoms with Crippen LogP contribution in [0.15, 0.2) is 118 Å². The molecule has 0 saturated carbocycles. The zero-order chi connectivity index (χ0) is 30.8. The predicted molar refractivity (Wildman–Crippen MR) is 188 cm³/mol. The van der Waals surface area contributed by atoms with Gasteiger partial charge in [-0.2, -0.15) is 0 Å². The first kappa shape index (κ1) is 30.4. The lowest BCUT2D eigenvalue weighted by molar-refractivity contribution is -0.113. The Balaban J connectivity index is 1.40. The quantitative estimate of drug-likeness (QED) is 0.184. The van der Waals surface area contributed by atoms with E-state index in [0.717, 1.165) is 24.0 Å². The van der Waals surface area contributed by atoms with Gasteiger partial charge in [0.05, 0.1) is 29.0 Å². The summed E-state index contributed by atoms with van der Waals surface area (Å²) in [6.07, 6.45) is 1.83. The summed E-state index contributed by atoms with van der Waals surface area (Å²) < 4.78 is 23.9. The number of anilines is 1. The number of amides is 1. The number of fused-ring (bicyclic) bond motifs is 1. The molecule has 1 amide bonds. The van der Waals surface area contributed by atoms with Crippen molar-refractivity contribution >= 4 is 74.2 Å². The molecular weight excluding hydrogens is 803 g/mol. The summed E-state index contributed by atoms with van der Waals surface area (Å²) in [4.78, 5) is 32.8. The molecule has 0 saturated heterocycles. The fraction of sp³-hybridized carbons (Fsp3) is 0.0882. The Bertz CT molecular complexity index is 2050. The first-order valence-electron chi connectivity index (χ1n) is 13.6. The maximum Gasteiger partial charge on any atom is 0.271 e. The first-order valence-corrected chi connectivity index (χ1v) is 16.6. The van der Waals surface area contributed by atoms with E-state index in [1.165, 1.54) is 28.0 Å². The van der Waals surface area contributed by atoms with E-state index in [9.17, 15) is 14.0 Å². The summed E-state index contributed by atoms with van der Waals surface area (Å²) in [5.74, 6) is 0.00321. The van der Waals surface area contributed by atoms with Crippen LogP contribution in [-0.4, -0.2) is 10.5 Å². The van der Waals surface area contributed by atoms with Crippen LogP contribution in [0, 0.1) is 13.0 Å². The number of carbonyl (C=O) groups excluding carboxylic acids is 1. The van der Waals surface area contributed by atoms with Gasteiger partial charge in [-0.15, -0.1) is 0 Å². The molecule has 6 nitrogen and oxygen atoms in total. The second kappa shape index (κ2) is 13.2. The standard InChI is InChI=1S/C34H24FI2N3O3S/c1-20-29(32(41)39-25-10-6-3-7-11-25)30(23-12-14-24(35)15-13-23)40-33(42)28(44-34(40)38-20)18-22-16-26(36)31(27(37)17-22)43-19-21-8-4-2-5-9-21/h2-18,30H,19H2,1H3,(H,39,41)/b28-18-/t30-/m0/s1. The first-order chi connectivity index (χ1) is 21.3. The summed E-state index contributed by atoms with van der Waals surface area (Å²) in [5.41, 5.74) is 3.67. The monoisotopic (exact) mass is 827 g/mol. The number of nitrogens with one attached hydrogen (secondary N) is 1. The number of hydrogen-bond donors (Lipinski definition) is 1. The highest BCUT2D eigenvalue weighted by atomic mass is 127. The highest BCUT2D eigenvalue weighted by Gasteiger charge is 2.32. The van der Waals surface area contributed by atoms with Crippen molar-refractivity contribution in [3.05, 3.63) is 158 Å². The molecule has 1 aliphatic heterocycles. The Morgan fingerprint density at radius 1 is 1.00 bits per heavy atom. The third-order valence-corrected chi connectivity index (χ3v) is 9.61. The molecule has 0 radical (unpaired) electrons.